The second-order valence-electron chi connectivity index (χ2n) is 17.8. The van der Waals surface area contributed by atoms with Crippen LogP contribution in [0.3, 0.4) is 0 Å². The summed E-state index contributed by atoms with van der Waals surface area (Å²) in [6.07, 6.45) is 5.81. The zero-order valence-electron chi connectivity index (χ0n) is 32.5. The summed E-state index contributed by atoms with van der Waals surface area (Å²) in [6, 6.07) is 72.5. The Labute approximate surface area is 340 Å². The summed E-state index contributed by atoms with van der Waals surface area (Å²) < 4.78 is 0. The number of anilines is 3. The van der Waals surface area contributed by atoms with Gasteiger partial charge < -0.3 is 4.90 Å². The molecule has 13 rings (SSSR count). The molecule has 4 aliphatic rings. The predicted molar refractivity (Wildman–Crippen MR) is 243 cm³/mol. The van der Waals surface area contributed by atoms with Crippen molar-refractivity contribution < 1.29 is 0 Å². The fraction of sp³-hybridized carbons (Fsp3) is 0.158. The van der Waals surface area contributed by atoms with E-state index in [1.165, 1.54) is 103 Å². The largest absolute Gasteiger partial charge is 0.310 e. The van der Waals surface area contributed by atoms with Gasteiger partial charge in [-0.2, -0.15) is 0 Å². The summed E-state index contributed by atoms with van der Waals surface area (Å²) >= 11 is 0. The Kier molecular flexibility index (Phi) is 6.77. The molecule has 4 aliphatic carbocycles. The second kappa shape index (κ2) is 12.0. The number of fused-ring (bicyclic) bond motifs is 3. The van der Waals surface area contributed by atoms with Crippen molar-refractivity contribution in [1.29, 1.82) is 0 Å². The van der Waals surface area contributed by atoms with Crippen LogP contribution in [0, 0.1) is 23.2 Å². The molecule has 0 aromatic heterocycles. The van der Waals surface area contributed by atoms with Gasteiger partial charge in [-0.1, -0.05) is 152 Å². The van der Waals surface area contributed by atoms with Crippen molar-refractivity contribution in [3.05, 3.63) is 200 Å². The lowest BCUT2D eigenvalue weighted by Gasteiger charge is -2.91. The molecule has 0 aliphatic heterocycles. The van der Waals surface area contributed by atoms with Crippen LogP contribution in [0.5, 0.6) is 0 Å². The summed E-state index contributed by atoms with van der Waals surface area (Å²) in [5.41, 5.74) is 13.7. The van der Waals surface area contributed by atoms with Crippen molar-refractivity contribution in [2.75, 3.05) is 4.90 Å². The minimum Gasteiger partial charge on any atom is -0.310 e. The van der Waals surface area contributed by atoms with Crippen LogP contribution >= 0.6 is 0 Å². The Morgan fingerprint density at radius 1 is 0.379 bits per heavy atom. The Morgan fingerprint density at radius 2 is 0.948 bits per heavy atom. The summed E-state index contributed by atoms with van der Waals surface area (Å²) in [5, 5.41) is 7.58. The van der Waals surface area contributed by atoms with Gasteiger partial charge in [0.2, 0.25) is 0 Å². The third kappa shape index (κ3) is 4.37. The highest BCUT2D eigenvalue weighted by Gasteiger charge is 2.87. The zero-order chi connectivity index (χ0) is 38.0. The van der Waals surface area contributed by atoms with Gasteiger partial charge in [0.25, 0.3) is 0 Å². The average molecular weight is 742 g/mol. The molecule has 1 heteroatoms. The van der Waals surface area contributed by atoms with Crippen LogP contribution in [0.2, 0.25) is 0 Å². The van der Waals surface area contributed by atoms with Crippen LogP contribution in [0.1, 0.15) is 31.2 Å². The van der Waals surface area contributed by atoms with E-state index in [1.54, 1.807) is 5.56 Å². The van der Waals surface area contributed by atoms with Gasteiger partial charge >= 0.3 is 0 Å². The van der Waals surface area contributed by atoms with E-state index in [1.807, 2.05) is 0 Å². The molecule has 1 nitrogen and oxygen atoms in total. The maximum Gasteiger partial charge on any atom is 0.0540 e. The number of hydrogen-bond acceptors (Lipinski definition) is 1. The highest BCUT2D eigenvalue weighted by atomic mass is 15.1. The molecule has 2 unspecified atom stereocenters. The van der Waals surface area contributed by atoms with Gasteiger partial charge in [-0.05, 0) is 157 Å². The van der Waals surface area contributed by atoms with Crippen LogP contribution < -0.4 is 4.90 Å². The van der Waals surface area contributed by atoms with E-state index in [0.717, 1.165) is 23.4 Å². The highest BCUT2D eigenvalue weighted by molar-refractivity contribution is 6.10. The van der Waals surface area contributed by atoms with Crippen molar-refractivity contribution in [3.8, 4) is 33.4 Å². The van der Waals surface area contributed by atoms with Crippen molar-refractivity contribution >= 4 is 49.4 Å². The molecular weight excluding hydrogens is 699 g/mol. The maximum absolute atomic E-state index is 2.50. The smallest absolute Gasteiger partial charge is 0.0540 e. The molecule has 4 fully saturated rings. The lowest BCUT2D eigenvalue weighted by atomic mass is 9.12. The molecule has 0 amide bonds. The molecule has 4 saturated carbocycles. The monoisotopic (exact) mass is 741 g/mol. The second-order valence-corrected chi connectivity index (χ2v) is 17.8. The first-order valence-corrected chi connectivity index (χ1v) is 21.3. The molecule has 58 heavy (non-hydrogen) atoms. The van der Waals surface area contributed by atoms with E-state index in [9.17, 15) is 0 Å². The molecule has 2 atom stereocenters. The summed E-state index contributed by atoms with van der Waals surface area (Å²) in [6.45, 7) is 0. The van der Waals surface area contributed by atoms with Gasteiger partial charge in [-0.25, -0.2) is 0 Å². The molecule has 9 aromatic carbocycles. The van der Waals surface area contributed by atoms with Crippen LogP contribution in [0.25, 0.3) is 65.7 Å². The molecule has 0 bridgehead atoms. The lowest BCUT2D eigenvalue weighted by Crippen LogP contribution is -2.87. The molecule has 0 N–H and O–H groups in total. The molecule has 0 saturated heterocycles. The van der Waals surface area contributed by atoms with Crippen LogP contribution in [0.15, 0.2) is 194 Å². The van der Waals surface area contributed by atoms with Crippen LogP contribution in [-0.4, -0.2) is 0 Å². The van der Waals surface area contributed by atoms with Gasteiger partial charge in [0, 0.05) is 22.2 Å². The van der Waals surface area contributed by atoms with Gasteiger partial charge in [0.15, 0.2) is 0 Å². The van der Waals surface area contributed by atoms with E-state index < -0.39 is 0 Å². The fourth-order valence-electron chi connectivity index (χ4n) is 13.0. The third-order valence-corrected chi connectivity index (χ3v) is 15.5. The zero-order valence-corrected chi connectivity index (χ0v) is 32.5. The first-order valence-electron chi connectivity index (χ1n) is 21.3. The van der Waals surface area contributed by atoms with Gasteiger partial charge in [-0.15, -0.1) is 0 Å². The van der Waals surface area contributed by atoms with Crippen LogP contribution in [0.4, 0.5) is 17.1 Å². The minimum absolute atomic E-state index is 0.447. The summed E-state index contributed by atoms with van der Waals surface area (Å²) in [7, 11) is 0. The number of benzene rings is 9. The topological polar surface area (TPSA) is 3.24 Å². The SMILES string of the molecule is c1ccc(-c2ccc3ccc(-c4ccc(N(c5ccc(C67CC8CC9CC(C6)C987)cc5)c5ccc(-c6cccc7ccccc67)c6ccccc56)cc4)cc3c2)cc1. The van der Waals surface area contributed by atoms with Crippen molar-refractivity contribution in [2.24, 2.45) is 23.2 Å². The standard InChI is InChI=1S/C57H43N/c1-2-9-37(10-3-1)41-19-17-39-18-20-42(32-43(39)31-41)38-21-25-48(26-22-38)58(49-27-23-44(24-28-49)56-35-46-33-45-34-47(36-56)57(45,46)56)55-30-29-53(52-14-6-7-15-54(52)55)51-16-8-12-40-11-4-5-13-50(40)51/h1-32,45-47H,33-36H2. The molecule has 276 valence electrons. The van der Waals surface area contributed by atoms with E-state index in [4.69, 9.17) is 0 Å². The first-order chi connectivity index (χ1) is 28.7. The third-order valence-electron chi connectivity index (χ3n) is 15.5. The lowest BCUT2D eigenvalue weighted by molar-refractivity contribution is -0.395. The Bertz CT molecular complexity index is 3050. The number of hydrogen-bond donors (Lipinski definition) is 0. The Balaban J connectivity index is 0.920. The van der Waals surface area contributed by atoms with Gasteiger partial charge in [-0.3, -0.25) is 0 Å². The summed E-state index contributed by atoms with van der Waals surface area (Å²) in [4.78, 5) is 2.49. The first kappa shape index (κ1) is 32.6. The molecule has 0 radical (unpaired) electrons. The van der Waals surface area contributed by atoms with E-state index in [0.29, 0.717) is 10.8 Å². The molecule has 1 spiro atoms. The maximum atomic E-state index is 2.50. The Morgan fingerprint density at radius 3 is 1.64 bits per heavy atom. The molecular formula is C57H43N. The highest BCUT2D eigenvalue weighted by Crippen LogP contribution is 2.92. The minimum atomic E-state index is 0.447. The number of rotatable bonds is 7. The predicted octanol–water partition coefficient (Wildman–Crippen LogP) is 15.3. The van der Waals surface area contributed by atoms with Crippen molar-refractivity contribution in [1.82, 2.24) is 0 Å². The number of nitrogens with zero attached hydrogens (tertiary/aromatic N) is 1. The summed E-state index contributed by atoms with van der Waals surface area (Å²) in [5.74, 6) is 3.00. The van der Waals surface area contributed by atoms with E-state index in [-0.39, 0.29) is 0 Å². The van der Waals surface area contributed by atoms with Gasteiger partial charge in [0.05, 0.1) is 5.69 Å². The van der Waals surface area contributed by atoms with E-state index >= 15 is 0 Å². The average Bonchev–Trinajstić information content (AvgIpc) is 3.26. The Hall–Kier alpha value is -6.44. The quantitative estimate of drug-likeness (QED) is 0.157. The molecule has 9 aromatic rings. The molecule has 0 heterocycles. The van der Waals surface area contributed by atoms with Crippen molar-refractivity contribution in [3.63, 3.8) is 0 Å². The van der Waals surface area contributed by atoms with Gasteiger partial charge in [0.1, 0.15) is 0 Å². The van der Waals surface area contributed by atoms with Crippen LogP contribution in [-0.2, 0) is 5.41 Å². The van der Waals surface area contributed by atoms with E-state index in [2.05, 4.69) is 199 Å². The fourth-order valence-corrected chi connectivity index (χ4v) is 13.0. The van der Waals surface area contributed by atoms with Crippen molar-refractivity contribution in [2.45, 2.75) is 31.1 Å². The normalized spacial score (nSPS) is 23.6.